The fraction of sp³-hybridized carbons (Fsp3) is 0.483. The van der Waals surface area contributed by atoms with Crippen LogP contribution in [0, 0.1) is 5.92 Å². The Balaban J connectivity index is 1.44. The van der Waals surface area contributed by atoms with Crippen LogP contribution in [0.5, 0.6) is 0 Å². The number of carbonyl (C=O) groups excluding carboxylic acids is 1. The lowest BCUT2D eigenvalue weighted by atomic mass is 9.76. The van der Waals surface area contributed by atoms with Gasteiger partial charge in [-0.15, -0.1) is 0 Å². The van der Waals surface area contributed by atoms with Gasteiger partial charge < -0.3 is 15.5 Å². The number of para-hydroxylation sites is 1. The number of nitrogens with zero attached hydrogens (tertiary/aromatic N) is 1. The van der Waals surface area contributed by atoms with E-state index in [1.807, 2.05) is 6.07 Å². The van der Waals surface area contributed by atoms with E-state index < -0.39 is 0 Å². The van der Waals surface area contributed by atoms with Crippen molar-refractivity contribution in [3.63, 3.8) is 0 Å². The first-order valence-electron chi connectivity index (χ1n) is 12.9. The van der Waals surface area contributed by atoms with E-state index in [1.165, 1.54) is 36.1 Å². The predicted molar refractivity (Wildman–Crippen MR) is 137 cm³/mol. The van der Waals surface area contributed by atoms with Crippen molar-refractivity contribution in [2.45, 2.75) is 70.4 Å². The summed E-state index contributed by atoms with van der Waals surface area (Å²) >= 11 is 0. The maximum absolute atomic E-state index is 13.3. The molecule has 1 fully saturated rings. The molecule has 1 amide bonds. The Morgan fingerprint density at radius 3 is 2.52 bits per heavy atom. The average molecular weight is 444 g/mol. The summed E-state index contributed by atoms with van der Waals surface area (Å²) in [5, 5.41) is 7.16. The molecule has 3 aliphatic rings. The molecular weight excluding hydrogens is 406 g/mol. The molecule has 1 aliphatic heterocycles. The van der Waals surface area contributed by atoms with Crippen molar-refractivity contribution in [2.24, 2.45) is 5.92 Å². The third-order valence-corrected chi connectivity index (χ3v) is 7.96. The summed E-state index contributed by atoms with van der Waals surface area (Å²) in [5.74, 6) is 0.909. The van der Waals surface area contributed by atoms with E-state index >= 15 is 0 Å². The minimum Gasteiger partial charge on any atom is -0.377 e. The van der Waals surface area contributed by atoms with Gasteiger partial charge in [0, 0.05) is 30.7 Å². The highest BCUT2D eigenvalue weighted by molar-refractivity contribution is 6.01. The second-order valence-electron chi connectivity index (χ2n) is 9.82. The summed E-state index contributed by atoms with van der Waals surface area (Å²) in [5.41, 5.74) is 5.66. The number of hydrogen-bond acceptors (Lipinski definition) is 3. The maximum Gasteiger partial charge on any atom is 0.253 e. The smallest absolute Gasteiger partial charge is 0.253 e. The van der Waals surface area contributed by atoms with E-state index in [0.29, 0.717) is 17.9 Å². The molecule has 0 bridgehead atoms. The van der Waals surface area contributed by atoms with Crippen LogP contribution in [0.4, 0.5) is 11.4 Å². The fourth-order valence-electron chi connectivity index (χ4n) is 6.13. The van der Waals surface area contributed by atoms with Crippen LogP contribution in [-0.4, -0.2) is 25.0 Å². The van der Waals surface area contributed by atoms with E-state index in [2.05, 4.69) is 77.9 Å². The van der Waals surface area contributed by atoms with E-state index in [9.17, 15) is 4.79 Å². The van der Waals surface area contributed by atoms with Gasteiger partial charge in [-0.25, -0.2) is 0 Å². The van der Waals surface area contributed by atoms with E-state index in [0.717, 1.165) is 43.6 Å². The van der Waals surface area contributed by atoms with E-state index in [1.54, 1.807) is 0 Å². The molecule has 0 radical (unpaired) electrons. The molecule has 0 spiro atoms. The number of fused-ring (bicyclic) bond motifs is 3. The van der Waals surface area contributed by atoms with Gasteiger partial charge in [-0.2, -0.15) is 0 Å². The van der Waals surface area contributed by atoms with Crippen molar-refractivity contribution in [3.8, 4) is 0 Å². The van der Waals surface area contributed by atoms with Crippen LogP contribution in [0.1, 0.15) is 85.8 Å². The largest absolute Gasteiger partial charge is 0.377 e. The van der Waals surface area contributed by atoms with Gasteiger partial charge in [0.15, 0.2) is 0 Å². The zero-order valence-electron chi connectivity index (χ0n) is 20.0. The molecule has 2 N–H and O–H groups in total. The van der Waals surface area contributed by atoms with Crippen molar-refractivity contribution in [2.75, 3.05) is 23.3 Å². The van der Waals surface area contributed by atoms with Crippen LogP contribution in [0.3, 0.4) is 0 Å². The van der Waals surface area contributed by atoms with Crippen molar-refractivity contribution < 1.29 is 4.79 Å². The molecule has 1 heterocycles. The molecule has 33 heavy (non-hydrogen) atoms. The number of amides is 1. The number of nitrogens with one attached hydrogen (secondary N) is 2. The molecule has 0 saturated heterocycles. The lowest BCUT2D eigenvalue weighted by Gasteiger charge is -2.38. The number of anilines is 2. The second-order valence-corrected chi connectivity index (χ2v) is 9.82. The summed E-state index contributed by atoms with van der Waals surface area (Å²) in [6.45, 7) is 6.43. The molecule has 1 saturated carbocycles. The minimum absolute atomic E-state index is 0.0716. The molecule has 4 heteroatoms. The third-order valence-electron chi connectivity index (χ3n) is 7.96. The molecule has 3 atom stereocenters. The van der Waals surface area contributed by atoms with Crippen LogP contribution in [-0.2, 0) is 0 Å². The Kier molecular flexibility index (Phi) is 6.43. The average Bonchev–Trinajstić information content (AvgIpc) is 3.35. The van der Waals surface area contributed by atoms with Gasteiger partial charge in [-0.05, 0) is 68.4 Å². The lowest BCUT2D eigenvalue weighted by molar-refractivity contribution is 0.0928. The van der Waals surface area contributed by atoms with Crippen LogP contribution in [0.2, 0.25) is 0 Å². The van der Waals surface area contributed by atoms with Gasteiger partial charge in [-0.3, -0.25) is 4.79 Å². The third kappa shape index (κ3) is 4.28. The van der Waals surface area contributed by atoms with Crippen LogP contribution < -0.4 is 15.5 Å². The highest BCUT2D eigenvalue weighted by atomic mass is 16.1. The predicted octanol–water partition coefficient (Wildman–Crippen LogP) is 6.42. The number of carbonyl (C=O) groups is 1. The fourth-order valence-corrected chi connectivity index (χ4v) is 6.13. The summed E-state index contributed by atoms with van der Waals surface area (Å²) in [6, 6.07) is 15.8. The number of allylic oxidation sites excluding steroid dienone is 2. The zero-order valence-corrected chi connectivity index (χ0v) is 20.0. The van der Waals surface area contributed by atoms with Crippen LogP contribution >= 0.6 is 0 Å². The molecule has 3 unspecified atom stereocenters. The van der Waals surface area contributed by atoms with Gasteiger partial charge in [0.25, 0.3) is 5.91 Å². The van der Waals surface area contributed by atoms with E-state index in [4.69, 9.17) is 0 Å². The number of benzene rings is 2. The van der Waals surface area contributed by atoms with Crippen molar-refractivity contribution >= 4 is 17.3 Å². The van der Waals surface area contributed by atoms with Crippen molar-refractivity contribution in [3.05, 3.63) is 71.3 Å². The molecule has 5 rings (SSSR count). The first-order chi connectivity index (χ1) is 16.2. The van der Waals surface area contributed by atoms with Gasteiger partial charge in [-0.1, -0.05) is 55.7 Å². The van der Waals surface area contributed by atoms with Gasteiger partial charge in [0.2, 0.25) is 0 Å². The topological polar surface area (TPSA) is 44.4 Å². The summed E-state index contributed by atoms with van der Waals surface area (Å²) in [4.78, 5) is 15.7. The Morgan fingerprint density at radius 2 is 1.79 bits per heavy atom. The molecule has 4 nitrogen and oxygen atoms in total. The summed E-state index contributed by atoms with van der Waals surface area (Å²) < 4.78 is 0. The van der Waals surface area contributed by atoms with Crippen molar-refractivity contribution in [1.82, 2.24) is 5.32 Å². The highest BCUT2D eigenvalue weighted by Crippen LogP contribution is 2.50. The summed E-state index contributed by atoms with van der Waals surface area (Å²) in [7, 11) is 0. The molecular formula is C29H37N3O. The first-order valence-corrected chi connectivity index (χ1v) is 12.9. The molecule has 2 aromatic carbocycles. The number of hydrogen-bond donors (Lipinski definition) is 2. The highest BCUT2D eigenvalue weighted by Gasteiger charge is 2.39. The monoisotopic (exact) mass is 443 g/mol. The summed E-state index contributed by atoms with van der Waals surface area (Å²) in [6.07, 6.45) is 11.7. The standard InChI is InChI=1S/C29H37N3O/c1-3-32(4-2)22-18-16-20(17-19-22)27-24-13-8-12-23(24)25-14-9-15-26(28(25)31-27)29(33)30-21-10-6-5-7-11-21/h8-9,12,14-19,21,23-24,27,31H,3-7,10-11,13H2,1-2H3,(H,30,33). The Bertz CT molecular complexity index is 1000. The SMILES string of the molecule is CCN(CC)c1ccc(C2Nc3c(C(=O)NC4CCCCC4)cccc3C3C=CCC32)cc1. The zero-order chi connectivity index (χ0) is 22.8. The Morgan fingerprint density at radius 1 is 1.03 bits per heavy atom. The van der Waals surface area contributed by atoms with Crippen molar-refractivity contribution in [1.29, 1.82) is 0 Å². The Labute approximate surface area is 198 Å². The molecule has 0 aromatic heterocycles. The quantitative estimate of drug-likeness (QED) is 0.506. The second kappa shape index (κ2) is 9.62. The van der Waals surface area contributed by atoms with Gasteiger partial charge >= 0.3 is 0 Å². The minimum atomic E-state index is 0.0716. The molecule has 2 aromatic rings. The molecule has 2 aliphatic carbocycles. The normalized spacial score (nSPS) is 24.0. The van der Waals surface area contributed by atoms with Crippen LogP contribution in [0.25, 0.3) is 0 Å². The number of rotatable bonds is 6. The van der Waals surface area contributed by atoms with Crippen LogP contribution in [0.15, 0.2) is 54.6 Å². The molecule has 174 valence electrons. The maximum atomic E-state index is 13.3. The lowest BCUT2D eigenvalue weighted by Crippen LogP contribution is -2.37. The van der Waals surface area contributed by atoms with Gasteiger partial charge in [0.05, 0.1) is 17.3 Å². The first kappa shape index (κ1) is 22.1. The van der Waals surface area contributed by atoms with Gasteiger partial charge in [0.1, 0.15) is 0 Å². The Hall–Kier alpha value is -2.75. The van der Waals surface area contributed by atoms with E-state index in [-0.39, 0.29) is 11.9 Å².